The highest BCUT2D eigenvalue weighted by Crippen LogP contribution is 2.34. The van der Waals surface area contributed by atoms with Gasteiger partial charge in [-0.15, -0.1) is 0 Å². The zero-order valence-corrected chi connectivity index (χ0v) is 17.3. The highest BCUT2D eigenvalue weighted by atomic mass is 16.5. The highest BCUT2D eigenvalue weighted by Gasteiger charge is 2.47. The molecule has 2 heterocycles. The number of likely N-dealkylation sites (tertiary alicyclic amines) is 1. The van der Waals surface area contributed by atoms with Crippen molar-refractivity contribution in [3.8, 4) is 0 Å². The molecule has 2 saturated heterocycles. The second kappa shape index (κ2) is 8.97. The minimum absolute atomic E-state index is 0.0931. The number of allylic oxidation sites excluding steroid dienone is 2. The van der Waals surface area contributed by atoms with Gasteiger partial charge in [-0.3, -0.25) is 24.2 Å². The number of carbonyl (C=O) groups excluding carboxylic acids is 3. The summed E-state index contributed by atoms with van der Waals surface area (Å²) < 4.78 is 5.37. The third kappa shape index (κ3) is 4.39. The number of imide groups is 1. The fourth-order valence-electron chi connectivity index (χ4n) is 4.32. The molecule has 2 atom stereocenters. The van der Waals surface area contributed by atoms with Crippen LogP contribution in [0.2, 0.25) is 0 Å². The third-order valence-corrected chi connectivity index (χ3v) is 5.92. The van der Waals surface area contributed by atoms with Crippen LogP contribution >= 0.6 is 0 Å². The largest absolute Gasteiger partial charge is 0.378 e. The number of rotatable bonds is 6. The molecule has 0 aromatic heterocycles. The van der Waals surface area contributed by atoms with E-state index in [-0.39, 0.29) is 42.8 Å². The van der Waals surface area contributed by atoms with Crippen molar-refractivity contribution in [3.05, 3.63) is 36.4 Å². The van der Waals surface area contributed by atoms with E-state index in [9.17, 15) is 14.4 Å². The van der Waals surface area contributed by atoms with Gasteiger partial charge < -0.3 is 15.0 Å². The summed E-state index contributed by atoms with van der Waals surface area (Å²) in [6.07, 6.45) is 5.18. The first-order valence-corrected chi connectivity index (χ1v) is 10.4. The molecule has 0 radical (unpaired) electrons. The number of nitrogens with one attached hydrogen (secondary N) is 1. The maximum Gasteiger partial charge on any atom is 0.238 e. The molecule has 4 rings (SSSR count). The average Bonchev–Trinajstić information content (AvgIpc) is 3.00. The van der Waals surface area contributed by atoms with Crippen molar-refractivity contribution in [3.63, 3.8) is 0 Å². The molecule has 8 nitrogen and oxygen atoms in total. The normalized spacial score (nSPS) is 23.8. The fraction of sp³-hybridized carbons (Fsp3) is 0.500. The van der Waals surface area contributed by atoms with E-state index in [2.05, 4.69) is 10.2 Å². The van der Waals surface area contributed by atoms with Gasteiger partial charge in [-0.2, -0.15) is 0 Å². The number of ether oxygens (including phenoxy) is 1. The predicted molar refractivity (Wildman–Crippen MR) is 113 cm³/mol. The van der Waals surface area contributed by atoms with Crippen molar-refractivity contribution in [1.29, 1.82) is 0 Å². The summed E-state index contributed by atoms with van der Waals surface area (Å²) in [5, 5.41) is 2.88. The van der Waals surface area contributed by atoms with Crippen molar-refractivity contribution in [2.24, 2.45) is 11.8 Å². The second-order valence-corrected chi connectivity index (χ2v) is 8.11. The quantitative estimate of drug-likeness (QED) is 0.560. The Morgan fingerprint density at radius 3 is 2.27 bits per heavy atom. The molecule has 0 spiro atoms. The molecule has 2 aliphatic heterocycles. The zero-order chi connectivity index (χ0) is 21.1. The Bertz CT molecular complexity index is 806. The number of benzene rings is 1. The molecule has 160 valence electrons. The Balaban J connectivity index is 1.27. The maximum absolute atomic E-state index is 12.6. The Kier molecular flexibility index (Phi) is 6.15. The predicted octanol–water partition coefficient (Wildman–Crippen LogP) is 1.30. The number of fused-ring (bicyclic) bond motifs is 1. The van der Waals surface area contributed by atoms with Crippen LogP contribution in [0.1, 0.15) is 12.8 Å². The van der Waals surface area contributed by atoms with E-state index >= 15 is 0 Å². The first-order valence-electron chi connectivity index (χ1n) is 10.4. The van der Waals surface area contributed by atoms with E-state index in [0.29, 0.717) is 12.8 Å². The van der Waals surface area contributed by atoms with Gasteiger partial charge >= 0.3 is 0 Å². The van der Waals surface area contributed by atoms with Crippen molar-refractivity contribution in [2.75, 3.05) is 56.8 Å². The van der Waals surface area contributed by atoms with Gasteiger partial charge in [0, 0.05) is 24.5 Å². The molecule has 30 heavy (non-hydrogen) atoms. The number of amides is 3. The standard InChI is InChI=1S/C22H28N4O4/c1-24(15-26-21(28)18-4-2-3-5-19(18)22(26)29)14-20(27)23-16-6-8-17(9-7-16)25-10-12-30-13-11-25/h2-3,6-9,18-19H,4-5,10-15H2,1H3,(H,23,27)/t18-,19+. The van der Waals surface area contributed by atoms with E-state index < -0.39 is 0 Å². The van der Waals surface area contributed by atoms with Gasteiger partial charge in [0.05, 0.1) is 38.3 Å². The van der Waals surface area contributed by atoms with E-state index in [4.69, 9.17) is 4.74 Å². The summed E-state index contributed by atoms with van der Waals surface area (Å²) in [6, 6.07) is 7.74. The molecule has 3 aliphatic rings. The highest BCUT2D eigenvalue weighted by molar-refractivity contribution is 6.05. The van der Waals surface area contributed by atoms with Crippen LogP contribution in [0.25, 0.3) is 0 Å². The molecule has 0 saturated carbocycles. The Hall–Kier alpha value is -2.71. The number of morpholine rings is 1. The lowest BCUT2D eigenvalue weighted by atomic mass is 9.85. The molecule has 1 aromatic carbocycles. The van der Waals surface area contributed by atoms with Gasteiger partial charge in [0.15, 0.2) is 0 Å². The monoisotopic (exact) mass is 412 g/mol. The minimum Gasteiger partial charge on any atom is -0.378 e. The van der Waals surface area contributed by atoms with Crippen LogP contribution in [0, 0.1) is 11.8 Å². The van der Waals surface area contributed by atoms with Crippen LogP contribution in [-0.2, 0) is 19.1 Å². The molecule has 0 bridgehead atoms. The summed E-state index contributed by atoms with van der Waals surface area (Å²) in [5.74, 6) is -0.917. The SMILES string of the molecule is CN(CC(=O)Nc1ccc(N2CCOCC2)cc1)CN1C(=O)[C@H]2CC=CC[C@H]2C1=O. The van der Waals surface area contributed by atoms with Crippen LogP contribution < -0.4 is 10.2 Å². The van der Waals surface area contributed by atoms with E-state index in [0.717, 1.165) is 37.7 Å². The van der Waals surface area contributed by atoms with Crippen molar-refractivity contribution >= 4 is 29.1 Å². The molecule has 1 aliphatic carbocycles. The second-order valence-electron chi connectivity index (χ2n) is 8.11. The summed E-state index contributed by atoms with van der Waals surface area (Å²) >= 11 is 0. The summed E-state index contributed by atoms with van der Waals surface area (Å²) in [4.78, 5) is 42.8. The van der Waals surface area contributed by atoms with Gasteiger partial charge in [-0.1, -0.05) is 12.2 Å². The lowest BCUT2D eigenvalue weighted by Crippen LogP contribution is -2.42. The smallest absolute Gasteiger partial charge is 0.238 e. The molecular formula is C22H28N4O4. The van der Waals surface area contributed by atoms with Crippen molar-refractivity contribution in [2.45, 2.75) is 12.8 Å². The van der Waals surface area contributed by atoms with E-state index in [1.807, 2.05) is 36.4 Å². The number of nitrogens with zero attached hydrogens (tertiary/aromatic N) is 3. The van der Waals surface area contributed by atoms with Crippen LogP contribution in [-0.4, -0.2) is 74.1 Å². The van der Waals surface area contributed by atoms with Gasteiger partial charge in [-0.05, 0) is 44.2 Å². The Morgan fingerprint density at radius 2 is 1.67 bits per heavy atom. The number of anilines is 2. The van der Waals surface area contributed by atoms with Crippen LogP contribution in [0.4, 0.5) is 11.4 Å². The third-order valence-electron chi connectivity index (χ3n) is 5.92. The average molecular weight is 412 g/mol. The molecule has 8 heteroatoms. The van der Waals surface area contributed by atoms with Crippen LogP contribution in [0.3, 0.4) is 0 Å². The molecule has 0 unspecified atom stereocenters. The number of hydrogen-bond donors (Lipinski definition) is 1. The van der Waals surface area contributed by atoms with Crippen LogP contribution in [0.5, 0.6) is 0 Å². The number of likely N-dealkylation sites (N-methyl/N-ethyl adjacent to an activating group) is 1. The van der Waals surface area contributed by atoms with Crippen molar-refractivity contribution in [1.82, 2.24) is 9.80 Å². The first kappa shape index (κ1) is 20.6. The van der Waals surface area contributed by atoms with Gasteiger partial charge in [0.1, 0.15) is 0 Å². The maximum atomic E-state index is 12.6. The Morgan fingerprint density at radius 1 is 1.07 bits per heavy atom. The van der Waals surface area contributed by atoms with E-state index in [1.165, 1.54) is 4.90 Å². The number of hydrogen-bond acceptors (Lipinski definition) is 6. The van der Waals surface area contributed by atoms with Gasteiger partial charge in [0.2, 0.25) is 17.7 Å². The lowest BCUT2D eigenvalue weighted by molar-refractivity contribution is -0.142. The summed E-state index contributed by atoms with van der Waals surface area (Å²) in [7, 11) is 1.74. The van der Waals surface area contributed by atoms with Gasteiger partial charge in [0.25, 0.3) is 0 Å². The molecule has 1 aromatic rings. The topological polar surface area (TPSA) is 82.2 Å². The van der Waals surface area contributed by atoms with Crippen molar-refractivity contribution < 1.29 is 19.1 Å². The molecule has 2 fully saturated rings. The zero-order valence-electron chi connectivity index (χ0n) is 17.3. The minimum atomic E-state index is -0.241. The number of carbonyl (C=O) groups is 3. The molecular weight excluding hydrogens is 384 g/mol. The summed E-state index contributed by atoms with van der Waals surface area (Å²) in [5.41, 5.74) is 1.83. The van der Waals surface area contributed by atoms with Crippen LogP contribution in [0.15, 0.2) is 36.4 Å². The lowest BCUT2D eigenvalue weighted by Gasteiger charge is -2.29. The Labute approximate surface area is 176 Å². The first-order chi connectivity index (χ1) is 14.5. The molecule has 3 amide bonds. The fourth-order valence-corrected chi connectivity index (χ4v) is 4.32. The summed E-state index contributed by atoms with van der Waals surface area (Å²) in [6.45, 7) is 3.41. The van der Waals surface area contributed by atoms with E-state index in [1.54, 1.807) is 11.9 Å². The molecule has 1 N–H and O–H groups in total. The van der Waals surface area contributed by atoms with Gasteiger partial charge in [-0.25, -0.2) is 0 Å².